The number of nitrogens with one attached hydrogen (secondary N) is 1. The number of ether oxygens (including phenoxy) is 1. The Hall–Kier alpha value is -5.06. The number of benzene rings is 2. The Morgan fingerprint density at radius 1 is 1.09 bits per heavy atom. The fourth-order valence-corrected chi connectivity index (χ4v) is 5.73. The summed E-state index contributed by atoms with van der Waals surface area (Å²) in [6.07, 6.45) is 4.40. The Bertz CT molecular complexity index is 1860. The molecular formula is C32H31FN6O4. The van der Waals surface area contributed by atoms with E-state index in [9.17, 15) is 18.8 Å². The molecule has 2 amide bonds. The number of amides is 2. The van der Waals surface area contributed by atoms with E-state index in [0.29, 0.717) is 24.3 Å². The molecule has 0 saturated carbocycles. The van der Waals surface area contributed by atoms with E-state index in [-0.39, 0.29) is 23.7 Å². The van der Waals surface area contributed by atoms with Crippen molar-refractivity contribution in [3.05, 3.63) is 83.9 Å². The molecule has 6 rings (SSSR count). The van der Waals surface area contributed by atoms with Crippen LogP contribution in [0, 0.1) is 5.82 Å². The van der Waals surface area contributed by atoms with Crippen LogP contribution in [0.25, 0.3) is 27.7 Å². The number of hydrogen-bond donors (Lipinski definition) is 1. The van der Waals surface area contributed by atoms with Crippen molar-refractivity contribution in [1.82, 2.24) is 24.1 Å². The summed E-state index contributed by atoms with van der Waals surface area (Å²) >= 11 is 0. The van der Waals surface area contributed by atoms with Gasteiger partial charge in [-0.2, -0.15) is 4.98 Å². The fourth-order valence-electron chi connectivity index (χ4n) is 5.73. The van der Waals surface area contributed by atoms with Gasteiger partial charge in [0.1, 0.15) is 5.82 Å². The number of halogens is 1. The van der Waals surface area contributed by atoms with Crippen molar-refractivity contribution in [2.45, 2.75) is 52.3 Å². The second-order valence-electron chi connectivity index (χ2n) is 10.7. The monoisotopic (exact) mass is 582 g/mol. The first kappa shape index (κ1) is 28.1. The molecule has 0 spiro atoms. The summed E-state index contributed by atoms with van der Waals surface area (Å²) in [6.45, 7) is 6.10. The van der Waals surface area contributed by atoms with Crippen molar-refractivity contribution in [3.8, 4) is 11.1 Å². The zero-order valence-corrected chi connectivity index (χ0v) is 24.1. The number of likely N-dealkylation sites (tertiary alicyclic amines) is 1. The van der Waals surface area contributed by atoms with Crippen LogP contribution in [-0.2, 0) is 20.9 Å². The smallest absolute Gasteiger partial charge is 0.303 e. The van der Waals surface area contributed by atoms with Crippen LogP contribution in [0.3, 0.4) is 0 Å². The number of carbonyl (C=O) groups is 3. The zero-order chi connectivity index (χ0) is 30.2. The number of nitrogens with zero attached hydrogens (tertiary/aromatic N) is 5. The van der Waals surface area contributed by atoms with Crippen LogP contribution in [0.4, 0.5) is 10.3 Å². The minimum absolute atomic E-state index is 0.0440. The van der Waals surface area contributed by atoms with E-state index >= 15 is 0 Å². The van der Waals surface area contributed by atoms with Crippen LogP contribution in [0.15, 0.2) is 67.0 Å². The lowest BCUT2D eigenvalue weighted by Crippen LogP contribution is -2.30. The highest BCUT2D eigenvalue weighted by Gasteiger charge is 2.32. The standard InChI is InChI=1S/C32H31FN6O4/c1-4-37-18-26(31(42)38-14-5-6-27(38)21-7-10-24(33)11-8-21)25-16-22(9-12-28(25)37)23-13-15-39-29(17-23)34-32(36-39)35-30(41)19(2)43-20(3)40/h7-13,15-19,27H,4-6,14H2,1-3H3,(H,35,36,41)/t19-,27-/m0/s1. The molecule has 0 bridgehead atoms. The highest BCUT2D eigenvalue weighted by atomic mass is 19.1. The summed E-state index contributed by atoms with van der Waals surface area (Å²) in [5.41, 5.74) is 4.79. The maximum Gasteiger partial charge on any atom is 0.303 e. The predicted octanol–water partition coefficient (Wildman–Crippen LogP) is 5.38. The Balaban J connectivity index is 1.31. The minimum atomic E-state index is -0.981. The molecular weight excluding hydrogens is 551 g/mol. The van der Waals surface area contributed by atoms with E-state index in [2.05, 4.69) is 20.0 Å². The van der Waals surface area contributed by atoms with Gasteiger partial charge in [-0.15, -0.1) is 5.10 Å². The molecule has 2 atom stereocenters. The van der Waals surface area contributed by atoms with Gasteiger partial charge >= 0.3 is 5.97 Å². The van der Waals surface area contributed by atoms with Crippen molar-refractivity contribution in [1.29, 1.82) is 0 Å². The molecule has 0 radical (unpaired) electrons. The summed E-state index contributed by atoms with van der Waals surface area (Å²) in [6, 6.07) is 16.1. The molecule has 3 aromatic heterocycles. The first-order valence-corrected chi connectivity index (χ1v) is 14.3. The molecule has 11 heteroatoms. The molecule has 0 aliphatic carbocycles. The maximum absolute atomic E-state index is 14.0. The number of aromatic nitrogens is 4. The third-order valence-corrected chi connectivity index (χ3v) is 7.84. The van der Waals surface area contributed by atoms with Crippen molar-refractivity contribution in [2.75, 3.05) is 11.9 Å². The normalized spacial score (nSPS) is 15.6. The average Bonchev–Trinajstić information content (AvgIpc) is 3.72. The van der Waals surface area contributed by atoms with E-state index in [0.717, 1.165) is 40.4 Å². The van der Waals surface area contributed by atoms with E-state index in [1.807, 2.05) is 48.4 Å². The number of carbonyl (C=O) groups excluding carboxylic acids is 3. The Kier molecular flexibility index (Phi) is 7.39. The number of esters is 1. The second-order valence-corrected chi connectivity index (χ2v) is 10.7. The molecule has 0 unspecified atom stereocenters. The lowest BCUT2D eigenvalue weighted by molar-refractivity contribution is -0.150. The molecule has 1 N–H and O–H groups in total. The first-order valence-electron chi connectivity index (χ1n) is 14.3. The second kappa shape index (κ2) is 11.3. The Labute approximate surface area is 247 Å². The Morgan fingerprint density at radius 2 is 1.86 bits per heavy atom. The van der Waals surface area contributed by atoms with Crippen molar-refractivity contribution < 1.29 is 23.5 Å². The molecule has 220 valence electrons. The van der Waals surface area contributed by atoms with Crippen LogP contribution in [-0.4, -0.2) is 54.5 Å². The van der Waals surface area contributed by atoms with Crippen LogP contribution in [0.1, 0.15) is 55.6 Å². The van der Waals surface area contributed by atoms with Gasteiger partial charge in [-0.3, -0.25) is 19.7 Å². The van der Waals surface area contributed by atoms with E-state index in [1.165, 1.54) is 26.0 Å². The highest BCUT2D eigenvalue weighted by molar-refractivity contribution is 6.08. The molecule has 1 aliphatic rings. The van der Waals surface area contributed by atoms with Crippen molar-refractivity contribution >= 4 is 40.3 Å². The number of rotatable bonds is 7. The molecule has 5 aromatic rings. The number of hydrogen-bond acceptors (Lipinski definition) is 6. The van der Waals surface area contributed by atoms with Crippen LogP contribution in [0.5, 0.6) is 0 Å². The van der Waals surface area contributed by atoms with Gasteiger partial charge in [0.25, 0.3) is 11.8 Å². The summed E-state index contributed by atoms with van der Waals surface area (Å²) in [5, 5.41) is 7.71. The van der Waals surface area contributed by atoms with Crippen LogP contribution < -0.4 is 5.32 Å². The van der Waals surface area contributed by atoms with Gasteiger partial charge in [-0.1, -0.05) is 18.2 Å². The summed E-state index contributed by atoms with van der Waals surface area (Å²) in [7, 11) is 0. The van der Waals surface area contributed by atoms with E-state index in [1.54, 1.807) is 22.8 Å². The Morgan fingerprint density at radius 3 is 2.60 bits per heavy atom. The van der Waals surface area contributed by atoms with E-state index < -0.39 is 18.0 Å². The largest absolute Gasteiger partial charge is 0.453 e. The summed E-state index contributed by atoms with van der Waals surface area (Å²) < 4.78 is 22.1. The van der Waals surface area contributed by atoms with Gasteiger partial charge in [0, 0.05) is 43.3 Å². The van der Waals surface area contributed by atoms with Gasteiger partial charge in [0.2, 0.25) is 5.95 Å². The molecule has 10 nitrogen and oxygen atoms in total. The van der Waals surface area contributed by atoms with Gasteiger partial charge in [-0.05, 0) is 79.8 Å². The fraction of sp³-hybridized carbons (Fsp3) is 0.281. The SMILES string of the molecule is CCn1cc(C(=O)N2CCC[C@H]2c2ccc(F)cc2)c2cc(-c3ccn4nc(NC(=O)[C@H](C)OC(C)=O)nc4c3)ccc21. The average molecular weight is 583 g/mol. The van der Waals surface area contributed by atoms with Crippen LogP contribution in [0.2, 0.25) is 0 Å². The number of aryl methyl sites for hydroxylation is 1. The first-order chi connectivity index (χ1) is 20.7. The molecule has 1 fully saturated rings. The quantitative estimate of drug-likeness (QED) is 0.258. The molecule has 1 aliphatic heterocycles. The van der Waals surface area contributed by atoms with Crippen molar-refractivity contribution in [3.63, 3.8) is 0 Å². The number of fused-ring (bicyclic) bond motifs is 2. The van der Waals surface area contributed by atoms with Crippen molar-refractivity contribution in [2.24, 2.45) is 0 Å². The summed E-state index contributed by atoms with van der Waals surface area (Å²) in [5.74, 6) is -1.34. The molecule has 1 saturated heterocycles. The number of anilines is 1. The summed E-state index contributed by atoms with van der Waals surface area (Å²) in [4.78, 5) is 43.8. The third-order valence-electron chi connectivity index (χ3n) is 7.84. The molecule has 4 heterocycles. The van der Waals surface area contributed by atoms with Gasteiger partial charge in [0.05, 0.1) is 11.6 Å². The third kappa shape index (κ3) is 5.45. The lowest BCUT2D eigenvalue weighted by atomic mass is 10.0. The predicted molar refractivity (Wildman–Crippen MR) is 159 cm³/mol. The zero-order valence-electron chi connectivity index (χ0n) is 24.1. The minimum Gasteiger partial charge on any atom is -0.453 e. The van der Waals surface area contributed by atoms with Gasteiger partial charge < -0.3 is 14.2 Å². The van der Waals surface area contributed by atoms with E-state index in [4.69, 9.17) is 4.74 Å². The van der Waals surface area contributed by atoms with Crippen LogP contribution >= 0.6 is 0 Å². The molecule has 43 heavy (non-hydrogen) atoms. The molecule has 2 aromatic carbocycles. The number of pyridine rings is 1. The highest BCUT2D eigenvalue weighted by Crippen LogP contribution is 2.36. The maximum atomic E-state index is 14.0. The van der Waals surface area contributed by atoms with Gasteiger partial charge in [0.15, 0.2) is 11.8 Å². The topological polar surface area (TPSA) is 111 Å². The van der Waals surface area contributed by atoms with Gasteiger partial charge in [-0.25, -0.2) is 8.91 Å². The lowest BCUT2D eigenvalue weighted by Gasteiger charge is -2.25.